The van der Waals surface area contributed by atoms with E-state index >= 15 is 0 Å². The molecule has 0 amide bonds. The number of esters is 1. The molecule has 0 N–H and O–H groups in total. The molecule has 16 heteroatoms. The van der Waals surface area contributed by atoms with E-state index in [1.807, 2.05) is 51.1 Å². The van der Waals surface area contributed by atoms with E-state index in [2.05, 4.69) is 125 Å². The Morgan fingerprint density at radius 2 is 1.44 bits per heavy atom. The highest BCUT2D eigenvalue weighted by atomic mass is 79.9. The number of methoxy groups -OCH3 is 2. The minimum Gasteiger partial charge on any atom is -0.453 e. The molecule has 0 bridgehead atoms. The lowest BCUT2D eigenvalue weighted by Crippen LogP contribution is -2.57. The number of halogens is 1. The van der Waals surface area contributed by atoms with Gasteiger partial charge in [0.15, 0.2) is 30.7 Å². The first kappa shape index (κ1) is 63.0. The van der Waals surface area contributed by atoms with Crippen molar-refractivity contribution in [3.8, 4) is 0 Å². The highest BCUT2D eigenvalue weighted by Crippen LogP contribution is 2.45. The van der Waals surface area contributed by atoms with Gasteiger partial charge in [-0.1, -0.05) is 116 Å². The van der Waals surface area contributed by atoms with Gasteiger partial charge in [-0.15, -0.1) is 6.58 Å². The van der Waals surface area contributed by atoms with Crippen LogP contribution in [0.15, 0.2) is 53.5 Å². The summed E-state index contributed by atoms with van der Waals surface area (Å²) < 4.78 is 72.9. The Morgan fingerprint density at radius 1 is 0.853 bits per heavy atom. The molecule has 394 valence electrons. The summed E-state index contributed by atoms with van der Waals surface area (Å²) in [6, 6.07) is 11.9. The third kappa shape index (κ3) is 18.1. The fourth-order valence-electron chi connectivity index (χ4n) is 7.83. The van der Waals surface area contributed by atoms with Crippen molar-refractivity contribution in [2.24, 2.45) is 11.8 Å². The zero-order chi connectivity index (χ0) is 51.9. The van der Waals surface area contributed by atoms with Gasteiger partial charge in [0.1, 0.15) is 37.5 Å². The number of hydrogen-bond acceptors (Lipinski definition) is 12. The molecule has 2 rings (SSSR count). The monoisotopic (exact) mass is 1070 g/mol. The van der Waals surface area contributed by atoms with Crippen LogP contribution in [0, 0.1) is 11.8 Å². The maximum atomic E-state index is 14.2. The summed E-state index contributed by atoms with van der Waals surface area (Å²) in [5.74, 6) is -1.88. The average molecular weight is 1080 g/mol. The van der Waals surface area contributed by atoms with E-state index in [9.17, 15) is 4.79 Å². The second-order valence-corrected chi connectivity index (χ2v) is 37.5. The SMILES string of the molecule is C=C[C@H](C)[C@H](OCOC)[C@H](C[C@H](C)[C@H](OC(=O)c1ccccc1)/C(Br)=C\[C@@](C)(OCOCCOC)[C@@H]1OC(C)(C)O[C@@H]1[C@@H](CO[Si](C)(C)C(C)(C)C)O[Si](C)(C)C(C)(C)C)O[Si](CC)(CC)CC. The predicted octanol–water partition coefficient (Wildman–Crippen LogP) is 13.0. The normalized spacial score (nSPS) is 21.1. The summed E-state index contributed by atoms with van der Waals surface area (Å²) in [6.45, 7) is 44.2. The van der Waals surface area contributed by atoms with E-state index < -0.39 is 66.7 Å². The highest BCUT2D eigenvalue weighted by Gasteiger charge is 2.56. The van der Waals surface area contributed by atoms with Crippen LogP contribution < -0.4 is 0 Å². The number of carbonyl (C=O) groups is 1. The molecule has 0 unspecified atom stereocenters. The number of carbonyl (C=O) groups excluding carboxylic acids is 1. The van der Waals surface area contributed by atoms with Crippen LogP contribution in [-0.4, -0.2) is 127 Å². The zero-order valence-corrected chi connectivity index (χ0v) is 50.6. The van der Waals surface area contributed by atoms with Gasteiger partial charge in [0, 0.05) is 30.5 Å². The third-order valence-corrected chi connectivity index (χ3v) is 29.0. The van der Waals surface area contributed by atoms with Gasteiger partial charge >= 0.3 is 5.97 Å². The molecular weight excluding hydrogens is 981 g/mol. The van der Waals surface area contributed by atoms with Crippen molar-refractivity contribution in [3.05, 3.63) is 59.1 Å². The molecule has 1 heterocycles. The molecule has 0 aliphatic carbocycles. The topological polar surface area (TPSA) is 119 Å². The van der Waals surface area contributed by atoms with Crippen LogP contribution in [0.2, 0.25) is 54.4 Å². The Balaban J connectivity index is 2.96. The molecule has 9 atom stereocenters. The van der Waals surface area contributed by atoms with Crippen molar-refractivity contribution in [1.29, 1.82) is 0 Å². The lowest BCUT2D eigenvalue weighted by molar-refractivity contribution is -0.191. The van der Waals surface area contributed by atoms with E-state index in [0.29, 0.717) is 36.3 Å². The second-order valence-electron chi connectivity index (χ2n) is 22.3. The van der Waals surface area contributed by atoms with Gasteiger partial charge in [0.25, 0.3) is 0 Å². The van der Waals surface area contributed by atoms with Crippen LogP contribution in [0.25, 0.3) is 0 Å². The van der Waals surface area contributed by atoms with Gasteiger partial charge in [-0.25, -0.2) is 4.79 Å². The molecule has 12 nitrogen and oxygen atoms in total. The third-order valence-electron chi connectivity index (χ3n) is 14.6. The zero-order valence-electron chi connectivity index (χ0n) is 46.0. The average Bonchev–Trinajstić information content (AvgIpc) is 3.60. The molecule has 0 radical (unpaired) electrons. The molecule has 1 aromatic carbocycles. The minimum absolute atomic E-state index is 0.0368. The van der Waals surface area contributed by atoms with Crippen LogP contribution in [0.5, 0.6) is 0 Å². The van der Waals surface area contributed by atoms with Crippen LogP contribution in [0.3, 0.4) is 0 Å². The first-order valence-electron chi connectivity index (χ1n) is 24.9. The lowest BCUT2D eigenvalue weighted by Gasteiger charge is -2.44. The molecule has 0 spiro atoms. The van der Waals surface area contributed by atoms with Gasteiger partial charge < -0.3 is 51.2 Å². The van der Waals surface area contributed by atoms with Crippen molar-refractivity contribution in [3.63, 3.8) is 0 Å². The van der Waals surface area contributed by atoms with Crippen molar-refractivity contribution in [2.75, 3.05) is 47.6 Å². The molecule has 0 aromatic heterocycles. The molecule has 1 aromatic rings. The maximum absolute atomic E-state index is 14.2. The summed E-state index contributed by atoms with van der Waals surface area (Å²) >= 11 is 4.02. The van der Waals surface area contributed by atoms with Gasteiger partial charge in [0.05, 0.1) is 43.7 Å². The first-order chi connectivity index (χ1) is 31.4. The Bertz CT molecular complexity index is 1670. The summed E-state index contributed by atoms with van der Waals surface area (Å²) in [5, 5.41) is -0.145. The van der Waals surface area contributed by atoms with Crippen molar-refractivity contribution in [2.45, 2.75) is 206 Å². The fraction of sp³-hybridized carbons (Fsp3) is 0.788. The smallest absolute Gasteiger partial charge is 0.338 e. The Labute approximate surface area is 425 Å². The summed E-state index contributed by atoms with van der Waals surface area (Å²) in [6.07, 6.45) is 0.838. The standard InChI is InChI=1S/C52H95BrO12Si3/c1-22-38(5)45(58-36-56-17)42(65-68(23-2,24-3)25-4)33-39(6)44(61-48(54)40-29-27-26-28-30-40)41(53)34-52(15,59-37-57-32-31-55-16)47-46(62-51(13,14)63-47)43(64-67(20,21)50(10,11)12)35-60-66(18,19)49(7,8)9/h22,26-30,34,38-39,42-47H,1,23-25,31-33,35-37H2,2-21H3/b41-34+/t38-,39-,42-,43+,44-,45-,46+,47+,52+/m0/s1. The van der Waals surface area contributed by atoms with Crippen molar-refractivity contribution >= 4 is 46.9 Å². The largest absolute Gasteiger partial charge is 0.453 e. The lowest BCUT2D eigenvalue weighted by atomic mass is 9.87. The number of hydrogen-bond donors (Lipinski definition) is 0. The van der Waals surface area contributed by atoms with E-state index in [0.717, 1.165) is 18.1 Å². The molecule has 1 aliphatic rings. The Morgan fingerprint density at radius 3 is 1.96 bits per heavy atom. The number of ether oxygens (including phenoxy) is 8. The number of rotatable bonds is 31. The predicted molar refractivity (Wildman–Crippen MR) is 286 cm³/mol. The summed E-state index contributed by atoms with van der Waals surface area (Å²) in [4.78, 5) is 14.2. The van der Waals surface area contributed by atoms with Crippen LogP contribution in [-0.2, 0) is 51.2 Å². The molecule has 1 aliphatic heterocycles. The fourth-order valence-corrected chi connectivity index (χ4v) is 14.0. The van der Waals surface area contributed by atoms with Gasteiger partial charge in [0.2, 0.25) is 0 Å². The van der Waals surface area contributed by atoms with Gasteiger partial charge in [-0.2, -0.15) is 0 Å². The molecular formula is C52H95BrO12Si3. The second kappa shape index (κ2) is 27.3. The Hall–Kier alpha value is -1.10. The van der Waals surface area contributed by atoms with E-state index in [1.165, 1.54) is 0 Å². The molecule has 68 heavy (non-hydrogen) atoms. The first-order valence-corrected chi connectivity index (χ1v) is 34.0. The summed E-state index contributed by atoms with van der Waals surface area (Å²) in [5.41, 5.74) is -0.833. The van der Waals surface area contributed by atoms with Crippen LogP contribution >= 0.6 is 15.9 Å². The molecule has 1 saturated heterocycles. The van der Waals surface area contributed by atoms with Gasteiger partial charge in [-0.05, 0) is 99.8 Å². The van der Waals surface area contributed by atoms with Crippen LogP contribution in [0.1, 0.15) is 114 Å². The molecule has 1 fully saturated rings. The van der Waals surface area contributed by atoms with E-state index in [-0.39, 0.29) is 47.7 Å². The van der Waals surface area contributed by atoms with Crippen molar-refractivity contribution in [1.82, 2.24) is 0 Å². The minimum atomic E-state index is -2.43. The number of benzene rings is 1. The molecule has 0 saturated carbocycles. The van der Waals surface area contributed by atoms with E-state index in [1.54, 1.807) is 26.4 Å². The summed E-state index contributed by atoms with van der Waals surface area (Å²) in [7, 11) is -3.65. The van der Waals surface area contributed by atoms with E-state index in [4.69, 9.17) is 51.2 Å². The quantitative estimate of drug-likeness (QED) is 0.0232. The van der Waals surface area contributed by atoms with Gasteiger partial charge in [-0.3, -0.25) is 0 Å². The maximum Gasteiger partial charge on any atom is 0.338 e. The van der Waals surface area contributed by atoms with Crippen molar-refractivity contribution < 1.29 is 56.0 Å². The van der Waals surface area contributed by atoms with Crippen LogP contribution in [0.4, 0.5) is 0 Å². The Kier molecular flexibility index (Phi) is 25.3. The highest BCUT2D eigenvalue weighted by molar-refractivity contribution is 9.11.